The molecule has 0 bridgehead atoms. The monoisotopic (exact) mass is 379 g/mol. The summed E-state index contributed by atoms with van der Waals surface area (Å²) in [7, 11) is 0. The lowest BCUT2D eigenvalue weighted by Crippen LogP contribution is -2.20. The van der Waals surface area contributed by atoms with Crippen molar-refractivity contribution < 1.29 is 13.9 Å². The normalized spacial score (nSPS) is 10.6. The molecule has 1 aromatic heterocycles. The number of ether oxygens (including phenoxy) is 1. The molecule has 0 aliphatic carbocycles. The number of carbonyl (C=O) groups excluding carboxylic acids is 1. The maximum Gasteiger partial charge on any atom is 0.250 e. The minimum Gasteiger partial charge on any atom is -0.439 e. The summed E-state index contributed by atoms with van der Waals surface area (Å²) in [6.07, 6.45) is 3.07. The van der Waals surface area contributed by atoms with Gasteiger partial charge in [0.25, 0.3) is 0 Å². The van der Waals surface area contributed by atoms with E-state index >= 15 is 0 Å². The molecule has 3 N–H and O–H groups in total. The Morgan fingerprint density at radius 3 is 2.39 bits per heavy atom. The third-order valence-electron chi connectivity index (χ3n) is 4.24. The fraction of sp³-hybridized carbons (Fsp3) is 0.182. The van der Waals surface area contributed by atoms with Gasteiger partial charge in [0.15, 0.2) is 0 Å². The molecule has 2 aromatic carbocycles. The van der Waals surface area contributed by atoms with Crippen LogP contribution in [0.1, 0.15) is 21.5 Å². The van der Waals surface area contributed by atoms with Gasteiger partial charge in [0.05, 0.1) is 5.56 Å². The maximum absolute atomic E-state index is 13.1. The van der Waals surface area contributed by atoms with E-state index in [4.69, 9.17) is 10.5 Å². The average Bonchev–Trinajstić information content (AvgIpc) is 2.69. The van der Waals surface area contributed by atoms with E-state index < -0.39 is 5.91 Å². The highest BCUT2D eigenvalue weighted by Gasteiger charge is 2.03. The number of benzene rings is 2. The van der Waals surface area contributed by atoms with E-state index in [2.05, 4.69) is 10.3 Å². The summed E-state index contributed by atoms with van der Waals surface area (Å²) >= 11 is 0. The summed E-state index contributed by atoms with van der Waals surface area (Å²) in [5.74, 6) is 0.352. The quantitative estimate of drug-likeness (QED) is 0.558. The third-order valence-corrected chi connectivity index (χ3v) is 4.24. The molecular formula is C22H22FN3O2. The van der Waals surface area contributed by atoms with Crippen molar-refractivity contribution in [3.8, 4) is 11.6 Å². The number of carbonyl (C=O) groups is 1. The molecule has 0 fully saturated rings. The number of pyridine rings is 1. The smallest absolute Gasteiger partial charge is 0.250 e. The number of amides is 1. The number of aromatic nitrogens is 1. The molecule has 0 aliphatic heterocycles. The fourth-order valence-electron chi connectivity index (χ4n) is 2.71. The van der Waals surface area contributed by atoms with Crippen LogP contribution in [-0.4, -0.2) is 24.0 Å². The van der Waals surface area contributed by atoms with Crippen LogP contribution in [0.3, 0.4) is 0 Å². The number of halogens is 1. The van der Waals surface area contributed by atoms with Crippen LogP contribution in [0.5, 0.6) is 11.6 Å². The molecule has 3 rings (SSSR count). The van der Waals surface area contributed by atoms with Gasteiger partial charge in [-0.3, -0.25) is 4.79 Å². The molecule has 0 radical (unpaired) electrons. The number of nitrogens with two attached hydrogens (primary N) is 1. The van der Waals surface area contributed by atoms with Crippen molar-refractivity contribution in [2.24, 2.45) is 5.73 Å². The predicted molar refractivity (Wildman–Crippen MR) is 106 cm³/mol. The zero-order valence-electron chi connectivity index (χ0n) is 15.4. The molecule has 1 heterocycles. The van der Waals surface area contributed by atoms with E-state index in [0.717, 1.165) is 31.5 Å². The van der Waals surface area contributed by atoms with Gasteiger partial charge in [0.1, 0.15) is 11.6 Å². The predicted octanol–water partition coefficient (Wildman–Crippen LogP) is 3.49. The third kappa shape index (κ3) is 5.89. The molecule has 0 aliphatic rings. The van der Waals surface area contributed by atoms with Crippen molar-refractivity contribution in [1.29, 1.82) is 0 Å². The highest BCUT2D eigenvalue weighted by atomic mass is 19.1. The van der Waals surface area contributed by atoms with Gasteiger partial charge in [0.2, 0.25) is 11.8 Å². The molecule has 5 nitrogen and oxygen atoms in total. The molecule has 28 heavy (non-hydrogen) atoms. The van der Waals surface area contributed by atoms with Crippen LogP contribution in [0.15, 0.2) is 66.9 Å². The van der Waals surface area contributed by atoms with Crippen molar-refractivity contribution in [3.63, 3.8) is 0 Å². The Kier molecular flexibility index (Phi) is 6.70. The Bertz CT molecular complexity index is 912. The van der Waals surface area contributed by atoms with Gasteiger partial charge in [0, 0.05) is 12.3 Å². The van der Waals surface area contributed by atoms with Crippen LogP contribution >= 0.6 is 0 Å². The summed E-state index contributed by atoms with van der Waals surface area (Å²) in [6.45, 7) is 1.64. The Morgan fingerprint density at radius 1 is 1.00 bits per heavy atom. The number of primary amides is 1. The van der Waals surface area contributed by atoms with E-state index in [-0.39, 0.29) is 5.82 Å². The molecule has 0 unspecified atom stereocenters. The molecule has 144 valence electrons. The first-order chi connectivity index (χ1) is 13.6. The summed E-state index contributed by atoms with van der Waals surface area (Å²) in [6, 6.07) is 17.6. The first-order valence-electron chi connectivity index (χ1n) is 9.08. The Labute approximate surface area is 163 Å². The molecular weight excluding hydrogens is 357 g/mol. The largest absolute Gasteiger partial charge is 0.439 e. The van der Waals surface area contributed by atoms with Crippen LogP contribution in [0.25, 0.3) is 0 Å². The van der Waals surface area contributed by atoms with Gasteiger partial charge in [-0.15, -0.1) is 0 Å². The van der Waals surface area contributed by atoms with Crippen molar-refractivity contribution in [2.75, 3.05) is 13.1 Å². The number of rotatable bonds is 9. The van der Waals surface area contributed by atoms with Gasteiger partial charge in [-0.2, -0.15) is 0 Å². The topological polar surface area (TPSA) is 77.2 Å². The first kappa shape index (κ1) is 19.5. The average molecular weight is 379 g/mol. The van der Waals surface area contributed by atoms with Gasteiger partial charge in [-0.1, -0.05) is 24.3 Å². The second-order valence-electron chi connectivity index (χ2n) is 6.38. The summed E-state index contributed by atoms with van der Waals surface area (Å²) in [4.78, 5) is 15.1. The summed E-state index contributed by atoms with van der Waals surface area (Å²) < 4.78 is 18.8. The summed E-state index contributed by atoms with van der Waals surface area (Å²) in [5, 5.41) is 3.37. The number of nitrogens with one attached hydrogen (secondary N) is 1. The van der Waals surface area contributed by atoms with E-state index in [0.29, 0.717) is 17.2 Å². The van der Waals surface area contributed by atoms with Crippen LogP contribution in [-0.2, 0) is 12.8 Å². The lowest BCUT2D eigenvalue weighted by molar-refractivity contribution is 0.1000. The number of hydrogen-bond acceptors (Lipinski definition) is 4. The molecule has 0 atom stereocenters. The van der Waals surface area contributed by atoms with Gasteiger partial charge >= 0.3 is 0 Å². The first-order valence-corrected chi connectivity index (χ1v) is 9.08. The zero-order valence-corrected chi connectivity index (χ0v) is 15.4. The van der Waals surface area contributed by atoms with E-state index in [1.165, 1.54) is 17.8 Å². The lowest BCUT2D eigenvalue weighted by Gasteiger charge is -2.08. The Morgan fingerprint density at radius 2 is 1.75 bits per heavy atom. The van der Waals surface area contributed by atoms with E-state index in [9.17, 15) is 9.18 Å². The highest BCUT2D eigenvalue weighted by molar-refractivity contribution is 5.92. The SMILES string of the molecule is NC(=O)c1ccc(Oc2ccc(CCNCCc3cccc(F)c3)cc2)nc1. The second-order valence-corrected chi connectivity index (χ2v) is 6.38. The molecule has 0 saturated heterocycles. The van der Waals surface area contributed by atoms with Crippen LogP contribution in [0.4, 0.5) is 4.39 Å². The van der Waals surface area contributed by atoms with Crippen molar-refractivity contribution in [3.05, 3.63) is 89.4 Å². The van der Waals surface area contributed by atoms with Crippen LogP contribution in [0.2, 0.25) is 0 Å². The zero-order chi connectivity index (χ0) is 19.8. The molecule has 0 saturated carbocycles. The van der Waals surface area contributed by atoms with E-state index in [1.54, 1.807) is 24.3 Å². The lowest BCUT2D eigenvalue weighted by atomic mass is 10.1. The van der Waals surface area contributed by atoms with Crippen molar-refractivity contribution in [1.82, 2.24) is 10.3 Å². The van der Waals surface area contributed by atoms with Gasteiger partial charge in [-0.25, -0.2) is 9.37 Å². The highest BCUT2D eigenvalue weighted by Crippen LogP contribution is 2.20. The second kappa shape index (κ2) is 9.62. The van der Waals surface area contributed by atoms with Gasteiger partial charge < -0.3 is 15.8 Å². The molecule has 3 aromatic rings. The molecule has 0 spiro atoms. The van der Waals surface area contributed by atoms with Crippen LogP contribution < -0.4 is 15.8 Å². The van der Waals surface area contributed by atoms with Crippen molar-refractivity contribution >= 4 is 5.91 Å². The van der Waals surface area contributed by atoms with Crippen LogP contribution in [0, 0.1) is 5.82 Å². The molecule has 6 heteroatoms. The number of hydrogen-bond donors (Lipinski definition) is 2. The Balaban J connectivity index is 1.41. The van der Waals surface area contributed by atoms with E-state index in [1.807, 2.05) is 30.3 Å². The van der Waals surface area contributed by atoms with Gasteiger partial charge in [-0.05, 0) is 67.4 Å². The molecule has 1 amide bonds. The van der Waals surface area contributed by atoms with Crippen molar-refractivity contribution in [2.45, 2.75) is 12.8 Å². The minimum absolute atomic E-state index is 0.196. The fourth-order valence-corrected chi connectivity index (χ4v) is 2.71. The maximum atomic E-state index is 13.1. The summed E-state index contributed by atoms with van der Waals surface area (Å²) in [5.41, 5.74) is 7.70. The Hall–Kier alpha value is -3.25. The number of nitrogens with zero attached hydrogens (tertiary/aromatic N) is 1. The standard InChI is InChI=1S/C22H22FN3O2/c23-19-3-1-2-17(14-19)11-13-25-12-10-16-4-7-20(8-5-16)28-21-9-6-18(15-26-21)22(24)27/h1-9,14-15,25H,10-13H2,(H2,24,27). The minimum atomic E-state index is -0.520.